The van der Waals surface area contributed by atoms with Gasteiger partial charge in [-0.3, -0.25) is 4.79 Å². The predicted molar refractivity (Wildman–Crippen MR) is 82.9 cm³/mol. The first-order valence-corrected chi connectivity index (χ1v) is 7.91. The van der Waals surface area contributed by atoms with Gasteiger partial charge in [-0.05, 0) is 37.5 Å². The summed E-state index contributed by atoms with van der Waals surface area (Å²) in [6, 6.07) is 5.89. The third kappa shape index (κ3) is 3.14. The summed E-state index contributed by atoms with van der Waals surface area (Å²) < 4.78 is 0.970. The van der Waals surface area contributed by atoms with E-state index >= 15 is 0 Å². The Hall–Kier alpha value is -0.540. The summed E-state index contributed by atoms with van der Waals surface area (Å²) in [6.07, 6.45) is 4.33. The van der Waals surface area contributed by atoms with Crippen molar-refractivity contribution < 1.29 is 4.79 Å². The lowest BCUT2D eigenvalue weighted by Gasteiger charge is -2.35. The molecule has 0 N–H and O–H groups in total. The van der Waals surface area contributed by atoms with Crippen LogP contribution in [0.5, 0.6) is 0 Å². The Morgan fingerprint density at radius 1 is 1.37 bits per heavy atom. The predicted octanol–water partition coefficient (Wildman–Crippen LogP) is 4.38. The van der Waals surface area contributed by atoms with Gasteiger partial charge in [0.15, 0.2) is 0 Å². The largest absolute Gasteiger partial charge is 0.337 e. The van der Waals surface area contributed by atoms with Crippen molar-refractivity contribution in [1.82, 2.24) is 4.90 Å². The average Bonchev–Trinajstić information content (AvgIpc) is 2.41. The molecule has 4 heteroatoms. The van der Waals surface area contributed by atoms with Crippen LogP contribution in [-0.2, 0) is 0 Å². The number of rotatable bonds is 2. The van der Waals surface area contributed by atoms with Gasteiger partial charge in [0.25, 0.3) is 5.91 Å². The molecule has 2 unspecified atom stereocenters. The molecule has 1 aliphatic carbocycles. The van der Waals surface area contributed by atoms with E-state index in [-0.39, 0.29) is 17.3 Å². The molecule has 0 heterocycles. The number of hydrogen-bond donors (Lipinski definition) is 0. The number of benzene rings is 1. The van der Waals surface area contributed by atoms with Gasteiger partial charge in [-0.2, -0.15) is 0 Å². The molecule has 1 aliphatic rings. The van der Waals surface area contributed by atoms with Crippen LogP contribution in [0.3, 0.4) is 0 Å². The SMILES string of the molecule is Cc1c(Br)cccc1C(=O)N(C)C1CCCCC1Cl. The highest BCUT2D eigenvalue weighted by Crippen LogP contribution is 2.28. The molecule has 0 radical (unpaired) electrons. The molecular formula is C15H19BrClNO. The van der Waals surface area contributed by atoms with E-state index in [1.807, 2.05) is 37.1 Å². The monoisotopic (exact) mass is 343 g/mol. The second-order valence-electron chi connectivity index (χ2n) is 5.20. The van der Waals surface area contributed by atoms with E-state index in [0.717, 1.165) is 34.9 Å². The molecule has 1 fully saturated rings. The van der Waals surface area contributed by atoms with Crippen LogP contribution in [0.2, 0.25) is 0 Å². The minimum Gasteiger partial charge on any atom is -0.337 e. The van der Waals surface area contributed by atoms with E-state index in [1.54, 1.807) is 0 Å². The summed E-state index contributed by atoms with van der Waals surface area (Å²) in [6.45, 7) is 1.96. The van der Waals surface area contributed by atoms with Gasteiger partial charge in [-0.1, -0.05) is 34.8 Å². The van der Waals surface area contributed by atoms with Crippen molar-refractivity contribution in [2.24, 2.45) is 0 Å². The maximum absolute atomic E-state index is 12.6. The Bertz CT molecular complexity index is 477. The lowest BCUT2D eigenvalue weighted by Crippen LogP contribution is -2.44. The summed E-state index contributed by atoms with van der Waals surface area (Å²) in [5.41, 5.74) is 1.74. The summed E-state index contributed by atoms with van der Waals surface area (Å²) in [4.78, 5) is 14.4. The second-order valence-corrected chi connectivity index (χ2v) is 6.61. The molecule has 2 atom stereocenters. The highest BCUT2D eigenvalue weighted by Gasteiger charge is 2.30. The highest BCUT2D eigenvalue weighted by molar-refractivity contribution is 9.10. The van der Waals surface area contributed by atoms with Crippen molar-refractivity contribution >= 4 is 33.4 Å². The third-order valence-electron chi connectivity index (χ3n) is 3.96. The Labute approximate surface area is 128 Å². The zero-order valence-corrected chi connectivity index (χ0v) is 13.7. The fraction of sp³-hybridized carbons (Fsp3) is 0.533. The Kier molecular flexibility index (Phi) is 4.91. The molecule has 0 saturated heterocycles. The van der Waals surface area contributed by atoms with Gasteiger partial charge >= 0.3 is 0 Å². The molecular weight excluding hydrogens is 326 g/mol. The number of carbonyl (C=O) groups is 1. The van der Waals surface area contributed by atoms with Crippen molar-refractivity contribution in [2.75, 3.05) is 7.05 Å². The van der Waals surface area contributed by atoms with Crippen molar-refractivity contribution in [2.45, 2.75) is 44.0 Å². The molecule has 0 aliphatic heterocycles. The normalized spacial score (nSPS) is 23.2. The lowest BCUT2D eigenvalue weighted by atomic mass is 9.93. The van der Waals surface area contributed by atoms with E-state index in [2.05, 4.69) is 15.9 Å². The van der Waals surface area contributed by atoms with Crippen LogP contribution < -0.4 is 0 Å². The topological polar surface area (TPSA) is 20.3 Å². The van der Waals surface area contributed by atoms with Crippen molar-refractivity contribution in [3.05, 3.63) is 33.8 Å². The number of carbonyl (C=O) groups excluding carboxylic acids is 1. The fourth-order valence-electron chi connectivity index (χ4n) is 2.68. The summed E-state index contributed by atoms with van der Waals surface area (Å²) in [5.74, 6) is 0.0661. The first-order valence-electron chi connectivity index (χ1n) is 6.68. The minimum absolute atomic E-state index is 0.0661. The molecule has 104 valence electrons. The van der Waals surface area contributed by atoms with Gasteiger partial charge < -0.3 is 4.90 Å². The molecule has 2 rings (SSSR count). The standard InChI is InChI=1S/C15H19BrClNO/c1-10-11(6-5-7-12(10)16)15(19)18(2)14-9-4-3-8-13(14)17/h5-7,13-14H,3-4,8-9H2,1-2H3. The fourth-order valence-corrected chi connectivity index (χ4v) is 3.50. The van der Waals surface area contributed by atoms with Gasteiger partial charge in [0.2, 0.25) is 0 Å². The smallest absolute Gasteiger partial charge is 0.254 e. The number of alkyl halides is 1. The summed E-state index contributed by atoms with van der Waals surface area (Å²) >= 11 is 9.85. The minimum atomic E-state index is 0.0661. The molecule has 1 aromatic rings. The van der Waals surface area contributed by atoms with Gasteiger partial charge in [0.1, 0.15) is 0 Å². The highest BCUT2D eigenvalue weighted by atomic mass is 79.9. The zero-order chi connectivity index (χ0) is 14.0. The number of nitrogens with zero attached hydrogens (tertiary/aromatic N) is 1. The van der Waals surface area contributed by atoms with Gasteiger partial charge in [0.05, 0.1) is 5.38 Å². The number of amides is 1. The number of halogens is 2. The maximum atomic E-state index is 12.6. The molecule has 0 spiro atoms. The molecule has 1 saturated carbocycles. The van der Waals surface area contributed by atoms with E-state index in [9.17, 15) is 4.79 Å². The quantitative estimate of drug-likeness (QED) is 0.729. The van der Waals surface area contributed by atoms with Crippen LogP contribution in [0, 0.1) is 6.92 Å². The molecule has 2 nitrogen and oxygen atoms in total. The van der Waals surface area contributed by atoms with Gasteiger partial charge in [0, 0.05) is 23.1 Å². The first-order chi connectivity index (χ1) is 9.02. The first kappa shape index (κ1) is 14.9. The van der Waals surface area contributed by atoms with E-state index in [4.69, 9.17) is 11.6 Å². The second kappa shape index (κ2) is 6.27. The summed E-state index contributed by atoms with van der Waals surface area (Å²) in [5, 5.41) is 0.0789. The van der Waals surface area contributed by atoms with E-state index in [1.165, 1.54) is 6.42 Å². The Morgan fingerprint density at radius 3 is 2.74 bits per heavy atom. The van der Waals surface area contributed by atoms with Crippen LogP contribution in [0.15, 0.2) is 22.7 Å². The van der Waals surface area contributed by atoms with Gasteiger partial charge in [-0.25, -0.2) is 0 Å². The molecule has 1 aromatic carbocycles. The van der Waals surface area contributed by atoms with E-state index < -0.39 is 0 Å². The lowest BCUT2D eigenvalue weighted by molar-refractivity contribution is 0.0699. The van der Waals surface area contributed by atoms with Crippen LogP contribution in [0.4, 0.5) is 0 Å². The van der Waals surface area contributed by atoms with Crippen LogP contribution in [0.1, 0.15) is 41.6 Å². The van der Waals surface area contributed by atoms with Crippen LogP contribution >= 0.6 is 27.5 Å². The van der Waals surface area contributed by atoms with E-state index in [0.29, 0.717) is 0 Å². The van der Waals surface area contributed by atoms with Crippen LogP contribution in [-0.4, -0.2) is 29.3 Å². The molecule has 1 amide bonds. The maximum Gasteiger partial charge on any atom is 0.254 e. The Balaban J connectivity index is 2.21. The number of hydrogen-bond acceptors (Lipinski definition) is 1. The van der Waals surface area contributed by atoms with Gasteiger partial charge in [-0.15, -0.1) is 11.6 Å². The van der Waals surface area contributed by atoms with Crippen molar-refractivity contribution in [1.29, 1.82) is 0 Å². The van der Waals surface area contributed by atoms with Crippen molar-refractivity contribution in [3.63, 3.8) is 0 Å². The average molecular weight is 345 g/mol. The third-order valence-corrected chi connectivity index (χ3v) is 5.33. The van der Waals surface area contributed by atoms with Crippen LogP contribution in [0.25, 0.3) is 0 Å². The Morgan fingerprint density at radius 2 is 2.05 bits per heavy atom. The molecule has 0 aromatic heterocycles. The molecule has 0 bridgehead atoms. The zero-order valence-electron chi connectivity index (χ0n) is 11.3. The summed E-state index contributed by atoms with van der Waals surface area (Å²) in [7, 11) is 1.87. The molecule has 19 heavy (non-hydrogen) atoms. The van der Waals surface area contributed by atoms with Crippen molar-refractivity contribution in [3.8, 4) is 0 Å².